The van der Waals surface area contributed by atoms with E-state index in [9.17, 15) is 14.7 Å². The van der Waals surface area contributed by atoms with Crippen molar-refractivity contribution in [1.82, 2.24) is 40.0 Å². The highest BCUT2D eigenvalue weighted by atomic mass is 16.6. The maximum atomic E-state index is 12.2. The van der Waals surface area contributed by atoms with E-state index >= 15 is 0 Å². The highest BCUT2D eigenvalue weighted by Gasteiger charge is 2.32. The molecular weight excluding hydrogens is 678 g/mol. The van der Waals surface area contributed by atoms with Crippen LogP contribution in [0.15, 0.2) is 68.3 Å². The van der Waals surface area contributed by atoms with Gasteiger partial charge in [0.25, 0.3) is 0 Å². The van der Waals surface area contributed by atoms with E-state index in [4.69, 9.17) is 32.4 Å². The first-order valence-corrected chi connectivity index (χ1v) is 16.6. The Morgan fingerprint density at radius 2 is 1.06 bits per heavy atom. The topological polar surface area (TPSA) is 222 Å². The van der Waals surface area contributed by atoms with Crippen molar-refractivity contribution in [3.8, 4) is 6.07 Å². The average molecular weight is 728 g/mol. The SMILES string of the molecule is CC#N.CC(C)(C)OC(=O)N1CCN(C(c2cocn2)c2cocn2)CC1.CC(C)(C)OC(=O)N1CCNCC1.OC(c1cocn1)c1cocn1. The fourth-order valence-electron chi connectivity index (χ4n) is 4.77. The summed E-state index contributed by atoms with van der Waals surface area (Å²) in [6.07, 6.45) is 9.89. The van der Waals surface area contributed by atoms with Crippen molar-refractivity contribution in [1.29, 1.82) is 5.26 Å². The molecule has 0 spiro atoms. The van der Waals surface area contributed by atoms with E-state index in [0.717, 1.165) is 37.6 Å². The van der Waals surface area contributed by atoms with Gasteiger partial charge in [0.15, 0.2) is 25.6 Å². The summed E-state index contributed by atoms with van der Waals surface area (Å²) < 4.78 is 30.3. The zero-order chi connectivity index (χ0) is 38.1. The number of carbonyl (C=O) groups excluding carboxylic acids is 2. The van der Waals surface area contributed by atoms with Crippen LogP contribution in [0, 0.1) is 11.3 Å². The third-order valence-electron chi connectivity index (χ3n) is 7.03. The van der Waals surface area contributed by atoms with E-state index in [0.29, 0.717) is 37.6 Å². The van der Waals surface area contributed by atoms with Gasteiger partial charge in [-0.1, -0.05) is 0 Å². The van der Waals surface area contributed by atoms with Gasteiger partial charge >= 0.3 is 12.2 Å². The number of amides is 2. The number of aromatic nitrogens is 4. The smallest absolute Gasteiger partial charge is 0.410 e. The summed E-state index contributed by atoms with van der Waals surface area (Å²) in [5.41, 5.74) is 1.51. The van der Waals surface area contributed by atoms with Gasteiger partial charge in [-0.25, -0.2) is 29.5 Å². The Balaban J connectivity index is 0.000000220. The van der Waals surface area contributed by atoms with E-state index in [1.807, 2.05) is 41.5 Å². The zero-order valence-corrected chi connectivity index (χ0v) is 30.7. The summed E-state index contributed by atoms with van der Waals surface area (Å²) in [4.78, 5) is 45.4. The molecule has 18 heteroatoms. The largest absolute Gasteiger partial charge is 0.451 e. The lowest BCUT2D eigenvalue weighted by Crippen LogP contribution is -2.51. The zero-order valence-electron chi connectivity index (χ0n) is 30.7. The van der Waals surface area contributed by atoms with Gasteiger partial charge in [-0.15, -0.1) is 0 Å². The van der Waals surface area contributed by atoms with Crippen LogP contribution in [0.2, 0.25) is 0 Å². The van der Waals surface area contributed by atoms with Crippen LogP contribution in [0.25, 0.3) is 0 Å². The van der Waals surface area contributed by atoms with Crippen LogP contribution >= 0.6 is 0 Å². The Bertz CT molecular complexity index is 1510. The Labute approximate surface area is 302 Å². The molecule has 0 radical (unpaired) electrons. The monoisotopic (exact) mass is 727 g/mol. The van der Waals surface area contributed by atoms with E-state index < -0.39 is 11.7 Å². The summed E-state index contributed by atoms with van der Waals surface area (Å²) in [6, 6.07) is 1.60. The molecule has 4 aromatic rings. The van der Waals surface area contributed by atoms with Gasteiger partial charge in [-0.05, 0) is 41.5 Å². The van der Waals surface area contributed by atoms with E-state index in [1.165, 1.54) is 45.0 Å². The molecule has 284 valence electrons. The summed E-state index contributed by atoms with van der Waals surface area (Å²) >= 11 is 0. The molecule has 52 heavy (non-hydrogen) atoms. The Morgan fingerprint density at radius 1 is 0.712 bits per heavy atom. The van der Waals surface area contributed by atoms with Crippen molar-refractivity contribution in [3.05, 3.63) is 73.4 Å². The second-order valence-electron chi connectivity index (χ2n) is 13.4. The molecule has 2 amide bonds. The quantitative estimate of drug-likeness (QED) is 0.291. The first-order valence-electron chi connectivity index (χ1n) is 16.6. The number of nitrogens with one attached hydrogen (secondary N) is 1. The van der Waals surface area contributed by atoms with Gasteiger partial charge in [-0.2, -0.15) is 5.26 Å². The molecule has 2 aliphatic heterocycles. The van der Waals surface area contributed by atoms with E-state index in [2.05, 4.69) is 30.2 Å². The molecule has 0 bridgehead atoms. The molecule has 0 unspecified atom stereocenters. The van der Waals surface area contributed by atoms with Crippen LogP contribution in [-0.4, -0.2) is 115 Å². The summed E-state index contributed by atoms with van der Waals surface area (Å²) in [7, 11) is 0. The number of ether oxygens (including phenoxy) is 2. The predicted molar refractivity (Wildman–Crippen MR) is 183 cm³/mol. The number of hydrogen-bond acceptors (Lipinski definition) is 16. The van der Waals surface area contributed by atoms with Crippen LogP contribution in [-0.2, 0) is 9.47 Å². The molecule has 6 heterocycles. The van der Waals surface area contributed by atoms with Gasteiger partial charge in [0.1, 0.15) is 71.2 Å². The number of nitrogens with zero attached hydrogens (tertiary/aromatic N) is 8. The highest BCUT2D eigenvalue weighted by Crippen LogP contribution is 2.27. The second kappa shape index (κ2) is 20.0. The fraction of sp³-hybridized carbons (Fsp3) is 0.559. The van der Waals surface area contributed by atoms with Gasteiger partial charge < -0.3 is 47.4 Å². The molecular formula is C34H49N9O9. The summed E-state index contributed by atoms with van der Waals surface area (Å²) in [6.45, 7) is 18.4. The average Bonchev–Trinajstić information content (AvgIpc) is 3.94. The van der Waals surface area contributed by atoms with Crippen LogP contribution in [0.5, 0.6) is 0 Å². The van der Waals surface area contributed by atoms with Crippen LogP contribution < -0.4 is 5.32 Å². The van der Waals surface area contributed by atoms with E-state index in [-0.39, 0.29) is 23.8 Å². The first kappa shape index (κ1) is 41.2. The first-order chi connectivity index (χ1) is 24.7. The van der Waals surface area contributed by atoms with E-state index in [1.54, 1.807) is 28.4 Å². The van der Waals surface area contributed by atoms with Crippen LogP contribution in [0.4, 0.5) is 9.59 Å². The van der Waals surface area contributed by atoms with Gasteiger partial charge in [-0.3, -0.25) is 4.90 Å². The number of aliphatic hydroxyl groups excluding tert-OH is 1. The molecule has 2 aliphatic rings. The Morgan fingerprint density at radius 3 is 1.38 bits per heavy atom. The lowest BCUT2D eigenvalue weighted by Gasteiger charge is -2.38. The molecule has 18 nitrogen and oxygen atoms in total. The number of carbonyl (C=O) groups is 2. The number of piperazine rings is 2. The third-order valence-corrected chi connectivity index (χ3v) is 7.03. The molecule has 4 aromatic heterocycles. The lowest BCUT2D eigenvalue weighted by molar-refractivity contribution is 0.0115. The van der Waals surface area contributed by atoms with Crippen molar-refractivity contribution in [2.24, 2.45) is 0 Å². The molecule has 2 saturated heterocycles. The maximum absolute atomic E-state index is 12.2. The molecule has 2 N–H and O–H groups in total. The summed E-state index contributed by atoms with van der Waals surface area (Å²) in [5, 5.41) is 20.0. The Hall–Kier alpha value is -5.25. The van der Waals surface area contributed by atoms with Gasteiger partial charge in [0, 0.05) is 59.3 Å². The maximum Gasteiger partial charge on any atom is 0.410 e. The standard InChI is InChI=1S/C16H22N4O4.C9H18N2O2.C7H6N2O3.C2H3N/c1-16(2,3)24-15(21)20-6-4-19(5-7-20)14(12-8-22-10-17-12)13-9-23-11-18-13;1-9(2,3)13-8(12)11-6-4-10-5-7-11;10-7(5-1-11-3-8-5)6-2-12-4-9-6;1-2-3/h8-11,14H,4-7H2,1-3H3;10H,4-7H2,1-3H3;1-4,7,10H;1H3. The number of oxazole rings is 4. The predicted octanol–water partition coefficient (Wildman–Crippen LogP) is 4.41. The number of nitriles is 1. The summed E-state index contributed by atoms with van der Waals surface area (Å²) in [5.74, 6) is 0. The van der Waals surface area contributed by atoms with Crippen molar-refractivity contribution in [2.45, 2.75) is 71.8 Å². The lowest BCUT2D eigenvalue weighted by atomic mass is 10.1. The Kier molecular flexibility index (Phi) is 15.8. The second-order valence-corrected chi connectivity index (χ2v) is 13.4. The minimum absolute atomic E-state index is 0.150. The number of hydrogen-bond donors (Lipinski definition) is 2. The molecule has 0 saturated carbocycles. The normalized spacial score (nSPS) is 14.9. The molecule has 0 atom stereocenters. The third kappa shape index (κ3) is 13.8. The van der Waals surface area contributed by atoms with Gasteiger partial charge in [0.05, 0.1) is 6.07 Å². The molecule has 0 aliphatic carbocycles. The van der Waals surface area contributed by atoms with Crippen molar-refractivity contribution in [3.63, 3.8) is 0 Å². The van der Waals surface area contributed by atoms with Crippen molar-refractivity contribution in [2.75, 3.05) is 52.4 Å². The highest BCUT2D eigenvalue weighted by molar-refractivity contribution is 5.68. The van der Waals surface area contributed by atoms with Crippen LogP contribution in [0.3, 0.4) is 0 Å². The fourth-order valence-corrected chi connectivity index (χ4v) is 4.77. The number of rotatable bonds is 5. The minimum atomic E-state index is -0.873. The minimum Gasteiger partial charge on any atom is -0.451 e. The van der Waals surface area contributed by atoms with Crippen molar-refractivity contribution >= 4 is 12.2 Å². The number of aliphatic hydroxyl groups is 1. The molecule has 2 fully saturated rings. The molecule has 0 aromatic carbocycles. The molecule has 6 rings (SSSR count). The van der Waals surface area contributed by atoms with Gasteiger partial charge in [0.2, 0.25) is 0 Å². The van der Waals surface area contributed by atoms with Crippen molar-refractivity contribution < 1.29 is 41.8 Å². The van der Waals surface area contributed by atoms with Crippen LogP contribution in [0.1, 0.15) is 83.4 Å².